The molecule has 0 radical (unpaired) electrons. The van der Waals surface area contributed by atoms with Crippen molar-refractivity contribution in [3.8, 4) is 6.07 Å². The highest BCUT2D eigenvalue weighted by molar-refractivity contribution is 7.90. The second-order valence-corrected chi connectivity index (χ2v) is 4.97. The van der Waals surface area contributed by atoms with Crippen molar-refractivity contribution in [3.05, 3.63) is 0 Å². The van der Waals surface area contributed by atoms with Crippen LogP contribution in [-0.4, -0.2) is 26.3 Å². The maximum Gasteiger partial charge on any atom is 0.147 e. The Morgan fingerprint density at radius 1 is 1.64 bits per heavy atom. The number of nitriles is 1. The molecule has 0 fully saturated rings. The maximum atomic E-state index is 10.6. The van der Waals surface area contributed by atoms with E-state index in [0.29, 0.717) is 6.42 Å². The number of hydrogen-bond acceptors (Lipinski definition) is 3. The number of sulfone groups is 1. The molecule has 0 saturated heterocycles. The van der Waals surface area contributed by atoms with E-state index in [9.17, 15) is 8.42 Å². The second kappa shape index (κ2) is 4.58. The summed E-state index contributed by atoms with van der Waals surface area (Å²) < 4.78 is 21.2. The van der Waals surface area contributed by atoms with Crippen LogP contribution in [0.25, 0.3) is 0 Å². The Bertz CT molecular complexity index is 242. The fraction of sp³-hybridized carbons (Fsp3) is 0.833. The highest BCUT2D eigenvalue weighted by Crippen LogP contribution is 2.05. The van der Waals surface area contributed by atoms with Crippen LogP contribution in [-0.2, 0) is 9.84 Å². The molecule has 3 nitrogen and oxygen atoms in total. The zero-order chi connectivity index (χ0) is 8.91. The summed E-state index contributed by atoms with van der Waals surface area (Å²) >= 11 is 5.38. The summed E-state index contributed by atoms with van der Waals surface area (Å²) in [6, 6.07) is 1.93. The molecule has 0 aromatic rings. The van der Waals surface area contributed by atoms with Gasteiger partial charge in [-0.3, -0.25) is 0 Å². The van der Waals surface area contributed by atoms with E-state index < -0.39 is 9.84 Å². The number of nitrogens with zero attached hydrogens (tertiary/aromatic N) is 1. The summed E-state index contributed by atoms with van der Waals surface area (Å²) in [5, 5.41) is 8.39. The van der Waals surface area contributed by atoms with Crippen molar-refractivity contribution in [1.82, 2.24) is 0 Å². The first-order chi connectivity index (χ1) is 4.99. The van der Waals surface area contributed by atoms with Gasteiger partial charge in [0.1, 0.15) is 9.84 Å². The van der Waals surface area contributed by atoms with Crippen molar-refractivity contribution in [3.63, 3.8) is 0 Å². The molecule has 5 heteroatoms. The lowest BCUT2D eigenvalue weighted by Crippen LogP contribution is -2.09. The van der Waals surface area contributed by atoms with Crippen LogP contribution in [0.2, 0.25) is 0 Å². The van der Waals surface area contributed by atoms with Gasteiger partial charge in [0.2, 0.25) is 0 Å². The van der Waals surface area contributed by atoms with Crippen molar-refractivity contribution >= 4 is 21.4 Å². The molecule has 0 N–H and O–H groups in total. The minimum Gasteiger partial charge on any atom is -0.229 e. The van der Waals surface area contributed by atoms with Crippen molar-refractivity contribution < 1.29 is 8.42 Å². The molecule has 0 heterocycles. The van der Waals surface area contributed by atoms with E-state index in [4.69, 9.17) is 16.9 Å². The van der Waals surface area contributed by atoms with Gasteiger partial charge in [0.25, 0.3) is 0 Å². The molecule has 0 amide bonds. The quantitative estimate of drug-likeness (QED) is 0.624. The largest absolute Gasteiger partial charge is 0.229 e. The van der Waals surface area contributed by atoms with Gasteiger partial charge in [-0.1, -0.05) is 0 Å². The monoisotopic (exact) mass is 195 g/mol. The fourth-order valence-electron chi connectivity index (χ4n) is 0.533. The molecule has 1 atom stereocenters. The Balaban J connectivity index is 3.81. The van der Waals surface area contributed by atoms with E-state index in [1.165, 1.54) is 0 Å². The third-order valence-corrected chi connectivity index (χ3v) is 2.56. The summed E-state index contributed by atoms with van der Waals surface area (Å²) in [7, 11) is -2.95. The van der Waals surface area contributed by atoms with Gasteiger partial charge in [-0.2, -0.15) is 5.26 Å². The lowest BCUT2D eigenvalue weighted by Gasteiger charge is -2.01. The zero-order valence-electron chi connectivity index (χ0n) is 6.25. The van der Waals surface area contributed by atoms with Gasteiger partial charge in [-0.15, -0.1) is 11.6 Å². The highest BCUT2D eigenvalue weighted by Gasteiger charge is 2.09. The lowest BCUT2D eigenvalue weighted by atomic mass is 10.1. The van der Waals surface area contributed by atoms with Crippen molar-refractivity contribution in [1.29, 1.82) is 5.26 Å². The van der Waals surface area contributed by atoms with Gasteiger partial charge in [-0.05, 0) is 6.42 Å². The van der Waals surface area contributed by atoms with Crippen LogP contribution in [0.15, 0.2) is 0 Å². The van der Waals surface area contributed by atoms with E-state index in [1.807, 2.05) is 6.07 Å². The molecule has 64 valence electrons. The first-order valence-corrected chi connectivity index (χ1v) is 5.72. The number of alkyl halides is 1. The maximum absolute atomic E-state index is 10.6. The molecular formula is C6H10ClNO2S. The Morgan fingerprint density at radius 3 is 2.45 bits per heavy atom. The van der Waals surface area contributed by atoms with Crippen LogP contribution in [0.1, 0.15) is 6.42 Å². The van der Waals surface area contributed by atoms with Gasteiger partial charge in [0.15, 0.2) is 0 Å². The van der Waals surface area contributed by atoms with E-state index in [1.54, 1.807) is 0 Å². The molecule has 1 unspecified atom stereocenters. The SMILES string of the molecule is CS(=O)(=O)CCC(C#N)CCl. The summed E-state index contributed by atoms with van der Waals surface area (Å²) in [5.74, 6) is -0.101. The summed E-state index contributed by atoms with van der Waals surface area (Å²) in [6.07, 6.45) is 1.48. The van der Waals surface area contributed by atoms with Gasteiger partial charge < -0.3 is 0 Å². The molecule has 0 aromatic carbocycles. The minimum atomic E-state index is -2.95. The Kier molecular flexibility index (Phi) is 4.46. The third kappa shape index (κ3) is 6.14. The highest BCUT2D eigenvalue weighted by atomic mass is 35.5. The average Bonchev–Trinajstić information content (AvgIpc) is 1.88. The summed E-state index contributed by atoms with van der Waals surface area (Å²) in [4.78, 5) is 0. The molecule has 0 aliphatic carbocycles. The van der Waals surface area contributed by atoms with Crippen LogP contribution in [0.4, 0.5) is 0 Å². The van der Waals surface area contributed by atoms with E-state index >= 15 is 0 Å². The van der Waals surface area contributed by atoms with E-state index in [2.05, 4.69) is 0 Å². The molecule has 0 aliphatic rings. The Labute approximate surface area is 71.9 Å². The normalized spacial score (nSPS) is 13.9. The smallest absolute Gasteiger partial charge is 0.147 e. The van der Waals surface area contributed by atoms with Gasteiger partial charge in [0, 0.05) is 12.1 Å². The van der Waals surface area contributed by atoms with Crippen LogP contribution < -0.4 is 0 Å². The van der Waals surface area contributed by atoms with Crippen molar-refractivity contribution in [2.75, 3.05) is 17.9 Å². The molecule has 11 heavy (non-hydrogen) atoms. The average molecular weight is 196 g/mol. The second-order valence-electron chi connectivity index (χ2n) is 2.40. The molecular weight excluding hydrogens is 186 g/mol. The third-order valence-electron chi connectivity index (χ3n) is 1.21. The predicted molar refractivity (Wildman–Crippen MR) is 44.2 cm³/mol. The van der Waals surface area contributed by atoms with Gasteiger partial charge in [-0.25, -0.2) is 8.42 Å². The number of rotatable bonds is 4. The van der Waals surface area contributed by atoms with Crippen LogP contribution >= 0.6 is 11.6 Å². The Morgan fingerprint density at radius 2 is 2.18 bits per heavy atom. The number of hydrogen-bond donors (Lipinski definition) is 0. The first kappa shape index (κ1) is 10.7. The van der Waals surface area contributed by atoms with E-state index in [0.717, 1.165) is 6.26 Å². The van der Waals surface area contributed by atoms with Crippen LogP contribution in [0, 0.1) is 17.2 Å². The molecule has 0 rings (SSSR count). The number of halogens is 1. The fourth-order valence-corrected chi connectivity index (χ4v) is 1.47. The predicted octanol–water partition coefficient (Wildman–Crippen LogP) is 0.800. The van der Waals surface area contributed by atoms with E-state index in [-0.39, 0.29) is 17.6 Å². The molecule has 0 aliphatic heterocycles. The Hall–Kier alpha value is -0.270. The van der Waals surface area contributed by atoms with Crippen molar-refractivity contribution in [2.24, 2.45) is 5.92 Å². The molecule has 0 saturated carbocycles. The first-order valence-electron chi connectivity index (χ1n) is 3.13. The zero-order valence-corrected chi connectivity index (χ0v) is 7.82. The van der Waals surface area contributed by atoms with Crippen molar-refractivity contribution in [2.45, 2.75) is 6.42 Å². The molecule has 0 spiro atoms. The summed E-state index contributed by atoms with van der Waals surface area (Å²) in [5.41, 5.74) is 0. The molecule has 0 aromatic heterocycles. The standard InChI is InChI=1S/C6H10ClNO2S/c1-11(9,10)3-2-6(4-7)5-8/h6H,2-4H2,1H3. The van der Waals surface area contributed by atoms with Gasteiger partial charge in [0.05, 0.1) is 17.7 Å². The molecule has 0 bridgehead atoms. The van der Waals surface area contributed by atoms with Gasteiger partial charge >= 0.3 is 0 Å². The van der Waals surface area contributed by atoms with Crippen LogP contribution in [0.3, 0.4) is 0 Å². The minimum absolute atomic E-state index is 0.0396. The summed E-state index contributed by atoms with van der Waals surface area (Å²) in [6.45, 7) is 0. The topological polar surface area (TPSA) is 57.9 Å². The lowest BCUT2D eigenvalue weighted by molar-refractivity contribution is 0.593. The van der Waals surface area contributed by atoms with Crippen LogP contribution in [0.5, 0.6) is 0 Å².